The Kier molecular flexibility index (Phi) is 6.65. The third-order valence-electron chi connectivity index (χ3n) is 4.13. The molecule has 1 aliphatic rings. The van der Waals surface area contributed by atoms with E-state index in [-0.39, 0.29) is 11.8 Å². The number of hydrogen-bond donors (Lipinski definition) is 2. The van der Waals surface area contributed by atoms with Crippen molar-refractivity contribution in [2.75, 3.05) is 26.7 Å². The van der Waals surface area contributed by atoms with Gasteiger partial charge in [-0.3, -0.25) is 9.59 Å². The lowest BCUT2D eigenvalue weighted by molar-refractivity contribution is -0.139. The molecule has 0 radical (unpaired) electrons. The fourth-order valence-corrected chi connectivity index (χ4v) is 2.54. The molecule has 1 aliphatic heterocycles. The van der Waals surface area contributed by atoms with Gasteiger partial charge in [0.2, 0.25) is 11.8 Å². The molecule has 0 aromatic heterocycles. The second kappa shape index (κ2) is 7.78. The maximum atomic E-state index is 12.4. The Morgan fingerprint density at radius 3 is 2.29 bits per heavy atom. The van der Waals surface area contributed by atoms with Gasteiger partial charge in [0.25, 0.3) is 0 Å². The standard InChI is InChI=1S/C16H31N3O2/c1-12(18-15(21)16(2,3)4)14(20)19-10-7-13(8-11-19)6-9-17-5/h12-13,17H,6-11H2,1-5H3,(H,18,21). The molecule has 21 heavy (non-hydrogen) atoms. The molecular weight excluding hydrogens is 266 g/mol. The first-order valence-corrected chi connectivity index (χ1v) is 8.00. The summed E-state index contributed by atoms with van der Waals surface area (Å²) < 4.78 is 0. The Hall–Kier alpha value is -1.10. The average Bonchev–Trinajstić information content (AvgIpc) is 2.43. The molecule has 1 rings (SSSR count). The highest BCUT2D eigenvalue weighted by Gasteiger charge is 2.29. The van der Waals surface area contributed by atoms with Crippen molar-refractivity contribution in [2.45, 2.75) is 53.0 Å². The second-order valence-corrected chi connectivity index (χ2v) is 7.11. The summed E-state index contributed by atoms with van der Waals surface area (Å²) in [5.41, 5.74) is -0.464. The minimum absolute atomic E-state index is 0.0414. The molecule has 0 saturated carbocycles. The molecular formula is C16H31N3O2. The number of likely N-dealkylation sites (tertiary alicyclic amines) is 1. The van der Waals surface area contributed by atoms with E-state index >= 15 is 0 Å². The van der Waals surface area contributed by atoms with E-state index in [0.29, 0.717) is 5.92 Å². The highest BCUT2D eigenvalue weighted by molar-refractivity contribution is 5.89. The fraction of sp³-hybridized carbons (Fsp3) is 0.875. The molecule has 0 aromatic rings. The first-order chi connectivity index (χ1) is 9.75. The minimum Gasteiger partial charge on any atom is -0.344 e. The van der Waals surface area contributed by atoms with Gasteiger partial charge in [-0.05, 0) is 45.7 Å². The topological polar surface area (TPSA) is 61.4 Å². The van der Waals surface area contributed by atoms with Gasteiger partial charge in [0.05, 0.1) is 0 Å². The molecule has 2 N–H and O–H groups in total. The zero-order valence-electron chi connectivity index (χ0n) is 14.2. The van der Waals surface area contributed by atoms with E-state index in [0.717, 1.165) is 32.5 Å². The lowest BCUT2D eigenvalue weighted by Gasteiger charge is -2.34. The number of nitrogens with one attached hydrogen (secondary N) is 2. The first kappa shape index (κ1) is 18.0. The number of amides is 2. The maximum absolute atomic E-state index is 12.4. The van der Waals surface area contributed by atoms with Gasteiger partial charge in [-0.1, -0.05) is 20.8 Å². The zero-order valence-corrected chi connectivity index (χ0v) is 14.2. The summed E-state index contributed by atoms with van der Waals surface area (Å²) in [6.07, 6.45) is 3.30. The lowest BCUT2D eigenvalue weighted by atomic mass is 9.93. The third kappa shape index (κ3) is 5.65. The van der Waals surface area contributed by atoms with Crippen LogP contribution in [0.15, 0.2) is 0 Å². The van der Waals surface area contributed by atoms with Gasteiger partial charge >= 0.3 is 0 Å². The average molecular weight is 297 g/mol. The molecule has 1 saturated heterocycles. The van der Waals surface area contributed by atoms with Crippen LogP contribution in [0.5, 0.6) is 0 Å². The molecule has 0 aromatic carbocycles. The van der Waals surface area contributed by atoms with E-state index in [9.17, 15) is 9.59 Å². The number of hydrogen-bond acceptors (Lipinski definition) is 3. The minimum atomic E-state index is -0.464. The third-order valence-corrected chi connectivity index (χ3v) is 4.13. The Morgan fingerprint density at radius 2 is 1.81 bits per heavy atom. The SMILES string of the molecule is CNCCC1CCN(C(=O)C(C)NC(=O)C(C)(C)C)CC1. The summed E-state index contributed by atoms with van der Waals surface area (Å²) >= 11 is 0. The van der Waals surface area contributed by atoms with Gasteiger partial charge in [0.15, 0.2) is 0 Å². The normalized spacial score (nSPS) is 18.4. The highest BCUT2D eigenvalue weighted by Crippen LogP contribution is 2.20. The second-order valence-electron chi connectivity index (χ2n) is 7.11. The van der Waals surface area contributed by atoms with Gasteiger partial charge in [-0.15, -0.1) is 0 Å². The molecule has 0 aliphatic carbocycles. The van der Waals surface area contributed by atoms with E-state index in [1.165, 1.54) is 6.42 Å². The number of piperidine rings is 1. The molecule has 2 amide bonds. The van der Waals surface area contributed by atoms with Crippen molar-refractivity contribution >= 4 is 11.8 Å². The Balaban J connectivity index is 2.41. The van der Waals surface area contributed by atoms with E-state index in [1.807, 2.05) is 32.7 Å². The van der Waals surface area contributed by atoms with Crippen molar-refractivity contribution in [1.29, 1.82) is 0 Å². The Bertz CT molecular complexity index is 355. The summed E-state index contributed by atoms with van der Waals surface area (Å²) in [6.45, 7) is 9.99. The van der Waals surface area contributed by atoms with Gasteiger partial charge in [-0.2, -0.15) is 0 Å². The summed E-state index contributed by atoms with van der Waals surface area (Å²) in [5.74, 6) is 0.674. The van der Waals surface area contributed by atoms with Crippen LogP contribution < -0.4 is 10.6 Å². The molecule has 0 bridgehead atoms. The predicted molar refractivity (Wildman–Crippen MR) is 84.9 cm³/mol. The van der Waals surface area contributed by atoms with Gasteiger partial charge in [-0.25, -0.2) is 0 Å². The summed E-state index contributed by atoms with van der Waals surface area (Å²) in [4.78, 5) is 26.2. The number of nitrogens with zero attached hydrogens (tertiary/aromatic N) is 1. The van der Waals surface area contributed by atoms with E-state index in [1.54, 1.807) is 6.92 Å². The summed E-state index contributed by atoms with van der Waals surface area (Å²) in [7, 11) is 1.97. The molecule has 1 heterocycles. The quantitative estimate of drug-likeness (QED) is 0.806. The summed E-state index contributed by atoms with van der Waals surface area (Å²) in [5, 5.41) is 6.00. The largest absolute Gasteiger partial charge is 0.344 e. The van der Waals surface area contributed by atoms with Crippen LogP contribution in [0, 0.1) is 11.3 Å². The summed E-state index contributed by atoms with van der Waals surface area (Å²) in [6, 6.07) is -0.439. The molecule has 1 unspecified atom stereocenters. The van der Waals surface area contributed by atoms with Gasteiger partial charge < -0.3 is 15.5 Å². The van der Waals surface area contributed by atoms with Crippen LogP contribution in [0.2, 0.25) is 0 Å². The number of carbonyl (C=O) groups is 2. The van der Waals surface area contributed by atoms with Crippen LogP contribution in [-0.4, -0.2) is 49.4 Å². The van der Waals surface area contributed by atoms with Gasteiger partial charge in [0, 0.05) is 18.5 Å². The van der Waals surface area contributed by atoms with Crippen molar-refractivity contribution in [2.24, 2.45) is 11.3 Å². The molecule has 5 nitrogen and oxygen atoms in total. The molecule has 122 valence electrons. The van der Waals surface area contributed by atoms with Crippen LogP contribution in [0.1, 0.15) is 47.0 Å². The van der Waals surface area contributed by atoms with Crippen LogP contribution in [0.4, 0.5) is 0 Å². The van der Waals surface area contributed by atoms with Crippen LogP contribution in [0.3, 0.4) is 0 Å². The molecule has 1 fully saturated rings. The lowest BCUT2D eigenvalue weighted by Crippen LogP contribution is -2.51. The van der Waals surface area contributed by atoms with E-state index in [4.69, 9.17) is 0 Å². The maximum Gasteiger partial charge on any atom is 0.244 e. The smallest absolute Gasteiger partial charge is 0.244 e. The molecule has 5 heteroatoms. The highest BCUT2D eigenvalue weighted by atomic mass is 16.2. The fourth-order valence-electron chi connectivity index (χ4n) is 2.54. The Morgan fingerprint density at radius 1 is 1.24 bits per heavy atom. The van der Waals surface area contributed by atoms with E-state index in [2.05, 4.69) is 10.6 Å². The number of rotatable bonds is 5. The van der Waals surface area contributed by atoms with Crippen LogP contribution in [-0.2, 0) is 9.59 Å². The zero-order chi connectivity index (χ0) is 16.0. The van der Waals surface area contributed by atoms with Crippen LogP contribution >= 0.6 is 0 Å². The van der Waals surface area contributed by atoms with Crippen LogP contribution in [0.25, 0.3) is 0 Å². The van der Waals surface area contributed by atoms with Crippen molar-refractivity contribution in [3.8, 4) is 0 Å². The van der Waals surface area contributed by atoms with E-state index < -0.39 is 11.5 Å². The van der Waals surface area contributed by atoms with Crippen molar-refractivity contribution in [3.63, 3.8) is 0 Å². The Labute approximate surface area is 128 Å². The van der Waals surface area contributed by atoms with Crippen molar-refractivity contribution in [1.82, 2.24) is 15.5 Å². The first-order valence-electron chi connectivity index (χ1n) is 8.00. The van der Waals surface area contributed by atoms with Gasteiger partial charge in [0.1, 0.15) is 6.04 Å². The predicted octanol–water partition coefficient (Wildman–Crippen LogP) is 1.39. The number of carbonyl (C=O) groups excluding carboxylic acids is 2. The molecule has 1 atom stereocenters. The van der Waals surface area contributed by atoms with Crippen molar-refractivity contribution < 1.29 is 9.59 Å². The van der Waals surface area contributed by atoms with Crippen molar-refractivity contribution in [3.05, 3.63) is 0 Å². The molecule has 0 spiro atoms. The monoisotopic (exact) mass is 297 g/mol.